The molecular weight excluding hydrogens is 412 g/mol. The number of rotatable bonds is 7. The van der Waals surface area contributed by atoms with Crippen molar-refractivity contribution in [2.24, 2.45) is 0 Å². The Bertz CT molecular complexity index is 1020. The number of benzene rings is 2. The number of hydrogen-bond donors (Lipinski definition) is 1. The molecule has 2 atom stereocenters. The quantitative estimate of drug-likeness (QED) is 0.723. The molecule has 1 saturated heterocycles. The summed E-state index contributed by atoms with van der Waals surface area (Å²) < 4.78 is 48.1. The summed E-state index contributed by atoms with van der Waals surface area (Å²) in [6.45, 7) is 0.765. The first-order valence-electron chi connectivity index (χ1n) is 9.43. The minimum absolute atomic E-state index is 0.0762. The lowest BCUT2D eigenvalue weighted by atomic mass is 9.91. The van der Waals surface area contributed by atoms with Gasteiger partial charge in [-0.1, -0.05) is 30.3 Å². The van der Waals surface area contributed by atoms with Crippen molar-refractivity contribution in [1.29, 1.82) is 5.26 Å². The molecule has 1 aliphatic rings. The van der Waals surface area contributed by atoms with Crippen molar-refractivity contribution < 1.29 is 22.0 Å². The molecule has 1 amide bonds. The molecule has 1 fully saturated rings. The van der Waals surface area contributed by atoms with Crippen molar-refractivity contribution in [3.8, 4) is 6.07 Å². The Morgan fingerprint density at radius 2 is 1.83 bits per heavy atom. The molecule has 2 unspecified atom stereocenters. The number of nitrogens with zero attached hydrogens (tertiary/aromatic N) is 2. The highest BCUT2D eigenvalue weighted by Gasteiger charge is 2.33. The molecule has 0 bridgehead atoms. The number of nitrogens with one attached hydrogen (secondary N) is 1. The average molecular weight is 433 g/mol. The third-order valence-electron chi connectivity index (χ3n) is 5.14. The lowest BCUT2D eigenvalue weighted by molar-refractivity contribution is -0.117. The second kappa shape index (κ2) is 9.32. The second-order valence-corrected chi connectivity index (χ2v) is 8.99. The molecule has 0 aromatic heterocycles. The van der Waals surface area contributed by atoms with Gasteiger partial charge in [-0.25, -0.2) is 8.42 Å². The highest BCUT2D eigenvalue weighted by atomic mass is 32.2. The average Bonchev–Trinajstić information content (AvgIpc) is 3.17. The zero-order valence-electron chi connectivity index (χ0n) is 16.0. The number of alkyl halides is 2. The van der Waals surface area contributed by atoms with E-state index >= 15 is 0 Å². The van der Waals surface area contributed by atoms with E-state index in [-0.39, 0.29) is 24.4 Å². The van der Waals surface area contributed by atoms with Gasteiger partial charge in [0, 0.05) is 11.7 Å². The van der Waals surface area contributed by atoms with Gasteiger partial charge in [0.1, 0.15) is 0 Å². The van der Waals surface area contributed by atoms with Gasteiger partial charge in [0.2, 0.25) is 15.7 Å². The lowest BCUT2D eigenvalue weighted by Gasteiger charge is -2.27. The first-order chi connectivity index (χ1) is 14.3. The van der Waals surface area contributed by atoms with Crippen LogP contribution in [0.25, 0.3) is 0 Å². The van der Waals surface area contributed by atoms with Gasteiger partial charge in [0.15, 0.2) is 0 Å². The molecular formula is C21H21F2N3O3S. The summed E-state index contributed by atoms with van der Waals surface area (Å²) >= 11 is 0. The van der Waals surface area contributed by atoms with Crippen LogP contribution >= 0.6 is 0 Å². The fraction of sp³-hybridized carbons (Fsp3) is 0.333. The Hall–Kier alpha value is -2.83. The van der Waals surface area contributed by atoms with E-state index in [9.17, 15) is 27.3 Å². The molecule has 0 radical (unpaired) electrons. The van der Waals surface area contributed by atoms with Crippen molar-refractivity contribution in [2.75, 3.05) is 18.4 Å². The molecule has 1 N–H and O–H groups in total. The maximum Gasteiger partial charge on any atom is 0.341 e. The Kier molecular flexibility index (Phi) is 6.80. The van der Waals surface area contributed by atoms with E-state index in [1.165, 1.54) is 12.1 Å². The van der Waals surface area contributed by atoms with Gasteiger partial charge >= 0.3 is 5.76 Å². The highest BCUT2D eigenvalue weighted by molar-refractivity contribution is 7.91. The molecule has 0 saturated carbocycles. The summed E-state index contributed by atoms with van der Waals surface area (Å²) in [7, 11) is -4.67. The highest BCUT2D eigenvalue weighted by Crippen LogP contribution is 2.30. The summed E-state index contributed by atoms with van der Waals surface area (Å²) in [5.41, 5.74) is 1.22. The number of sulfone groups is 1. The van der Waals surface area contributed by atoms with Crippen molar-refractivity contribution in [3.63, 3.8) is 0 Å². The van der Waals surface area contributed by atoms with Crippen LogP contribution in [0.1, 0.15) is 24.3 Å². The second-order valence-electron chi connectivity index (χ2n) is 7.08. The topological polar surface area (TPSA) is 90.3 Å². The van der Waals surface area contributed by atoms with Crippen LogP contribution in [-0.2, 0) is 14.6 Å². The normalized spacial score (nSPS) is 18.1. The Balaban J connectivity index is 1.65. The number of halogens is 2. The summed E-state index contributed by atoms with van der Waals surface area (Å²) in [5.74, 6) is -4.17. The van der Waals surface area contributed by atoms with E-state index in [0.717, 1.165) is 30.5 Å². The van der Waals surface area contributed by atoms with E-state index in [0.29, 0.717) is 12.2 Å². The number of likely N-dealkylation sites (tertiary alicyclic amines) is 1. The Morgan fingerprint density at radius 1 is 1.17 bits per heavy atom. The SMILES string of the molecule is N#CC(c1ccccc1)C1CCCN1CC(=O)Nc1ccc(S(=O)(=O)C(F)F)cc1. The summed E-state index contributed by atoms with van der Waals surface area (Å²) in [4.78, 5) is 13.9. The van der Waals surface area contributed by atoms with Crippen LogP contribution < -0.4 is 5.32 Å². The monoisotopic (exact) mass is 433 g/mol. The molecule has 0 aliphatic carbocycles. The van der Waals surface area contributed by atoms with Gasteiger partial charge in [0.25, 0.3) is 0 Å². The van der Waals surface area contributed by atoms with Gasteiger partial charge < -0.3 is 5.32 Å². The minimum atomic E-state index is -4.67. The fourth-order valence-electron chi connectivity index (χ4n) is 3.68. The van der Waals surface area contributed by atoms with Crippen LogP contribution in [-0.4, -0.2) is 44.1 Å². The zero-order chi connectivity index (χ0) is 21.7. The van der Waals surface area contributed by atoms with Crippen molar-refractivity contribution >= 4 is 21.4 Å². The molecule has 30 heavy (non-hydrogen) atoms. The fourth-order valence-corrected chi connectivity index (χ4v) is 4.41. The Morgan fingerprint density at radius 3 is 2.43 bits per heavy atom. The van der Waals surface area contributed by atoms with E-state index in [4.69, 9.17) is 0 Å². The molecule has 0 spiro atoms. The van der Waals surface area contributed by atoms with Crippen LogP contribution in [0.3, 0.4) is 0 Å². The third-order valence-corrected chi connectivity index (χ3v) is 6.54. The predicted octanol–water partition coefficient (Wildman–Crippen LogP) is 3.39. The van der Waals surface area contributed by atoms with Crippen LogP contribution in [0.2, 0.25) is 0 Å². The molecule has 6 nitrogen and oxygen atoms in total. The van der Waals surface area contributed by atoms with Crippen molar-refractivity contribution in [2.45, 2.75) is 35.5 Å². The molecule has 1 heterocycles. The van der Waals surface area contributed by atoms with Crippen LogP contribution in [0.5, 0.6) is 0 Å². The van der Waals surface area contributed by atoms with Gasteiger partial charge in [-0.3, -0.25) is 9.69 Å². The van der Waals surface area contributed by atoms with E-state index in [1.807, 2.05) is 35.2 Å². The first kappa shape index (κ1) is 21.9. The standard InChI is InChI=1S/C21H21F2N3O3S/c22-21(23)30(28,29)17-10-8-16(9-11-17)25-20(27)14-26-12-4-7-19(26)18(13-24)15-5-2-1-3-6-15/h1-3,5-6,8-11,18-19,21H,4,7,12,14H2,(H,25,27). The number of carbonyl (C=O) groups is 1. The number of carbonyl (C=O) groups excluding carboxylic acids is 1. The number of anilines is 1. The zero-order valence-corrected chi connectivity index (χ0v) is 16.9. The summed E-state index contributed by atoms with van der Waals surface area (Å²) in [6.07, 6.45) is 1.68. The maximum absolute atomic E-state index is 12.6. The van der Waals surface area contributed by atoms with Gasteiger partial charge in [-0.15, -0.1) is 0 Å². The first-order valence-corrected chi connectivity index (χ1v) is 11.0. The van der Waals surface area contributed by atoms with Gasteiger partial charge in [0.05, 0.1) is 23.4 Å². The molecule has 1 aliphatic heterocycles. The van der Waals surface area contributed by atoms with E-state index < -0.39 is 20.5 Å². The number of hydrogen-bond acceptors (Lipinski definition) is 5. The minimum Gasteiger partial charge on any atom is -0.325 e. The molecule has 3 rings (SSSR count). The predicted molar refractivity (Wildman–Crippen MR) is 108 cm³/mol. The van der Waals surface area contributed by atoms with Gasteiger partial charge in [-0.05, 0) is 49.2 Å². The number of nitriles is 1. The van der Waals surface area contributed by atoms with Crippen LogP contribution in [0, 0.1) is 11.3 Å². The largest absolute Gasteiger partial charge is 0.341 e. The van der Waals surface area contributed by atoms with Crippen LogP contribution in [0.15, 0.2) is 59.5 Å². The number of amides is 1. The van der Waals surface area contributed by atoms with E-state index in [2.05, 4.69) is 11.4 Å². The smallest absolute Gasteiger partial charge is 0.325 e. The Labute approximate surface area is 174 Å². The maximum atomic E-state index is 12.6. The summed E-state index contributed by atoms with van der Waals surface area (Å²) in [5, 5.41) is 12.3. The molecule has 2 aromatic carbocycles. The van der Waals surface area contributed by atoms with Crippen molar-refractivity contribution in [3.05, 3.63) is 60.2 Å². The molecule has 2 aromatic rings. The van der Waals surface area contributed by atoms with Crippen LogP contribution in [0.4, 0.5) is 14.5 Å². The summed E-state index contributed by atoms with van der Waals surface area (Å²) in [6, 6.07) is 16.3. The van der Waals surface area contributed by atoms with Gasteiger partial charge in [-0.2, -0.15) is 14.0 Å². The lowest BCUT2D eigenvalue weighted by Crippen LogP contribution is -2.39. The van der Waals surface area contributed by atoms with E-state index in [1.54, 1.807) is 0 Å². The molecule has 9 heteroatoms. The van der Waals surface area contributed by atoms with Crippen molar-refractivity contribution in [1.82, 2.24) is 4.90 Å². The third kappa shape index (κ3) is 4.83. The molecule has 158 valence electrons.